The summed E-state index contributed by atoms with van der Waals surface area (Å²) in [5, 5.41) is 8.41. The van der Waals surface area contributed by atoms with Crippen molar-refractivity contribution in [1.82, 2.24) is 15.5 Å². The van der Waals surface area contributed by atoms with E-state index < -0.39 is 0 Å². The lowest BCUT2D eigenvalue weighted by atomic mass is 10.0. The lowest BCUT2D eigenvalue weighted by Gasteiger charge is -2.14. The number of aromatic nitrogens is 2. The molecule has 0 saturated carbocycles. The molecule has 2 atom stereocenters. The molecule has 0 saturated heterocycles. The van der Waals surface area contributed by atoms with E-state index in [-0.39, 0.29) is 12.0 Å². The number of nitrogens with one attached hydrogen (secondary N) is 1. The van der Waals surface area contributed by atoms with Crippen LogP contribution in [0, 0.1) is 0 Å². The van der Waals surface area contributed by atoms with Crippen LogP contribution in [-0.2, 0) is 6.42 Å². The van der Waals surface area contributed by atoms with E-state index in [1.165, 1.54) is 0 Å². The summed E-state index contributed by atoms with van der Waals surface area (Å²) in [6, 6.07) is 5.66. The van der Waals surface area contributed by atoms with Crippen LogP contribution in [-0.4, -0.2) is 23.2 Å². The Labute approximate surface area is 128 Å². The summed E-state index contributed by atoms with van der Waals surface area (Å²) in [4.78, 5) is 4.43. The molecule has 0 spiro atoms. The minimum Gasteiger partial charge on any atom is -0.339 e. The third-order valence-corrected chi connectivity index (χ3v) is 4.03. The first-order chi connectivity index (χ1) is 9.51. The molecule has 108 valence electrons. The number of rotatable bonds is 5. The predicted molar refractivity (Wildman–Crippen MR) is 80.5 cm³/mol. The maximum Gasteiger partial charge on any atom is 0.231 e. The predicted octanol–water partition coefficient (Wildman–Crippen LogP) is 3.68. The largest absolute Gasteiger partial charge is 0.339 e. The van der Waals surface area contributed by atoms with Gasteiger partial charge in [0.15, 0.2) is 5.82 Å². The number of hydrogen-bond acceptors (Lipinski definition) is 4. The summed E-state index contributed by atoms with van der Waals surface area (Å²) in [5.74, 6) is 1.41. The highest BCUT2D eigenvalue weighted by atomic mass is 35.5. The van der Waals surface area contributed by atoms with Crippen molar-refractivity contribution in [3.63, 3.8) is 0 Å². The van der Waals surface area contributed by atoms with Crippen LogP contribution in [0.15, 0.2) is 22.7 Å². The van der Waals surface area contributed by atoms with Gasteiger partial charge >= 0.3 is 0 Å². The molecule has 2 unspecified atom stereocenters. The SMILES string of the molecule is CNC(C)C(C)c1nc(Cc2ccc(Cl)cc2Cl)no1. The van der Waals surface area contributed by atoms with Gasteiger partial charge in [0.05, 0.1) is 5.92 Å². The maximum atomic E-state index is 6.14. The number of nitrogens with zero attached hydrogens (tertiary/aromatic N) is 2. The molecule has 1 aromatic carbocycles. The van der Waals surface area contributed by atoms with Crippen molar-refractivity contribution in [2.45, 2.75) is 32.2 Å². The van der Waals surface area contributed by atoms with Gasteiger partial charge in [-0.05, 0) is 31.7 Å². The maximum absolute atomic E-state index is 6.14. The van der Waals surface area contributed by atoms with Crippen LogP contribution in [0.1, 0.15) is 37.0 Å². The lowest BCUT2D eigenvalue weighted by molar-refractivity contribution is 0.333. The van der Waals surface area contributed by atoms with Crippen molar-refractivity contribution in [2.24, 2.45) is 0 Å². The summed E-state index contributed by atoms with van der Waals surface area (Å²) in [7, 11) is 1.91. The fourth-order valence-corrected chi connectivity index (χ4v) is 2.30. The minimum atomic E-state index is 0.155. The third-order valence-electron chi connectivity index (χ3n) is 3.44. The molecule has 0 aliphatic carbocycles. The molecule has 0 radical (unpaired) electrons. The highest BCUT2D eigenvalue weighted by molar-refractivity contribution is 6.35. The topological polar surface area (TPSA) is 51.0 Å². The van der Waals surface area contributed by atoms with E-state index in [9.17, 15) is 0 Å². The summed E-state index contributed by atoms with van der Waals surface area (Å²) in [6.07, 6.45) is 0.528. The van der Waals surface area contributed by atoms with Crippen molar-refractivity contribution in [2.75, 3.05) is 7.05 Å². The Hall–Kier alpha value is -1.10. The number of benzene rings is 1. The second-order valence-electron chi connectivity index (χ2n) is 4.83. The number of likely N-dealkylation sites (N-methyl/N-ethyl adjacent to an activating group) is 1. The fraction of sp³-hybridized carbons (Fsp3) is 0.429. The van der Waals surface area contributed by atoms with Crippen LogP contribution in [0.2, 0.25) is 10.0 Å². The van der Waals surface area contributed by atoms with E-state index in [0.29, 0.717) is 28.2 Å². The molecule has 0 aliphatic rings. The summed E-state index contributed by atoms with van der Waals surface area (Å²) in [6.45, 7) is 4.12. The number of hydrogen-bond donors (Lipinski definition) is 1. The molecule has 6 heteroatoms. The summed E-state index contributed by atoms with van der Waals surface area (Å²) in [5.41, 5.74) is 0.928. The quantitative estimate of drug-likeness (QED) is 0.914. The zero-order valence-corrected chi connectivity index (χ0v) is 13.2. The van der Waals surface area contributed by atoms with Gasteiger partial charge in [-0.2, -0.15) is 4.98 Å². The van der Waals surface area contributed by atoms with Gasteiger partial charge < -0.3 is 9.84 Å². The smallest absolute Gasteiger partial charge is 0.231 e. The molecule has 0 aliphatic heterocycles. The van der Waals surface area contributed by atoms with Gasteiger partial charge in [0.25, 0.3) is 0 Å². The molecule has 20 heavy (non-hydrogen) atoms. The molecule has 0 fully saturated rings. The van der Waals surface area contributed by atoms with Crippen LogP contribution in [0.25, 0.3) is 0 Å². The van der Waals surface area contributed by atoms with E-state index in [0.717, 1.165) is 5.56 Å². The Balaban J connectivity index is 2.13. The molecular weight excluding hydrogens is 297 g/mol. The van der Waals surface area contributed by atoms with Crippen molar-refractivity contribution in [1.29, 1.82) is 0 Å². The number of halogens is 2. The Morgan fingerprint density at radius 2 is 2.05 bits per heavy atom. The van der Waals surface area contributed by atoms with Crippen molar-refractivity contribution < 1.29 is 4.52 Å². The summed E-state index contributed by atoms with van der Waals surface area (Å²) < 4.78 is 5.31. The normalized spacial score (nSPS) is 14.2. The van der Waals surface area contributed by atoms with E-state index in [4.69, 9.17) is 27.7 Å². The molecule has 0 amide bonds. The summed E-state index contributed by atoms with van der Waals surface area (Å²) >= 11 is 12.0. The van der Waals surface area contributed by atoms with Gasteiger partial charge in [0, 0.05) is 22.5 Å². The van der Waals surface area contributed by atoms with Crippen LogP contribution in [0.4, 0.5) is 0 Å². The van der Waals surface area contributed by atoms with Crippen LogP contribution < -0.4 is 5.32 Å². The average Bonchev–Trinajstić information content (AvgIpc) is 2.88. The zero-order valence-electron chi connectivity index (χ0n) is 11.7. The van der Waals surface area contributed by atoms with Crippen LogP contribution >= 0.6 is 23.2 Å². The van der Waals surface area contributed by atoms with Gasteiger partial charge in [0.1, 0.15) is 0 Å². The highest BCUT2D eigenvalue weighted by Gasteiger charge is 2.19. The van der Waals surface area contributed by atoms with Gasteiger partial charge in [0.2, 0.25) is 5.89 Å². The first-order valence-corrected chi connectivity index (χ1v) is 7.20. The molecule has 1 heterocycles. The first-order valence-electron chi connectivity index (χ1n) is 6.45. The molecule has 4 nitrogen and oxygen atoms in total. The van der Waals surface area contributed by atoms with Crippen molar-refractivity contribution in [3.05, 3.63) is 45.5 Å². The molecule has 2 rings (SSSR count). The fourth-order valence-electron chi connectivity index (χ4n) is 1.82. The molecular formula is C14H17Cl2N3O. The average molecular weight is 314 g/mol. The zero-order chi connectivity index (χ0) is 14.7. The van der Waals surface area contributed by atoms with Gasteiger partial charge in [-0.15, -0.1) is 0 Å². The molecule has 1 N–H and O–H groups in total. The molecule has 1 aromatic heterocycles. The monoisotopic (exact) mass is 313 g/mol. The Kier molecular flexibility index (Phi) is 5.02. The highest BCUT2D eigenvalue weighted by Crippen LogP contribution is 2.23. The van der Waals surface area contributed by atoms with Crippen molar-refractivity contribution >= 4 is 23.2 Å². The van der Waals surface area contributed by atoms with Gasteiger partial charge in [-0.25, -0.2) is 0 Å². The van der Waals surface area contributed by atoms with Gasteiger partial charge in [-0.1, -0.05) is 41.3 Å². The third kappa shape index (κ3) is 3.51. The van der Waals surface area contributed by atoms with Crippen molar-refractivity contribution in [3.8, 4) is 0 Å². The van der Waals surface area contributed by atoms with E-state index in [1.54, 1.807) is 12.1 Å². The molecule has 2 aromatic rings. The lowest BCUT2D eigenvalue weighted by Crippen LogP contribution is -2.27. The second-order valence-corrected chi connectivity index (χ2v) is 5.67. The Bertz CT molecular complexity index is 586. The second kappa shape index (κ2) is 6.57. The van der Waals surface area contributed by atoms with E-state index >= 15 is 0 Å². The van der Waals surface area contributed by atoms with E-state index in [1.807, 2.05) is 20.0 Å². The van der Waals surface area contributed by atoms with E-state index in [2.05, 4.69) is 22.4 Å². The van der Waals surface area contributed by atoms with Crippen LogP contribution in [0.5, 0.6) is 0 Å². The minimum absolute atomic E-state index is 0.155. The molecule has 0 bridgehead atoms. The van der Waals surface area contributed by atoms with Crippen LogP contribution in [0.3, 0.4) is 0 Å². The Morgan fingerprint density at radius 1 is 1.30 bits per heavy atom. The first kappa shape index (κ1) is 15.3. The Morgan fingerprint density at radius 3 is 2.70 bits per heavy atom. The van der Waals surface area contributed by atoms with Gasteiger partial charge in [-0.3, -0.25) is 0 Å². The standard InChI is InChI=1S/C14H17Cl2N3O/c1-8(9(2)17-3)14-18-13(19-20-14)6-10-4-5-11(15)7-12(10)16/h4-5,7-9,17H,6H2,1-3H3.